The molecule has 0 unspecified atom stereocenters. The first-order valence-electron chi connectivity index (χ1n) is 5.52. The van der Waals surface area contributed by atoms with Crippen molar-refractivity contribution >= 4 is 13.9 Å². The highest BCUT2D eigenvalue weighted by Crippen LogP contribution is 2.60. The maximum Gasteiger partial charge on any atom is 0.335 e. The standard InChI is InChI=1S/C12H17O4P/c1-3-12(4-2,17(14,15)16)11-7-5-10(9-13)6-8-11/h5-9H,3-4H2,1-2H3,(H2,14,15,16). The summed E-state index contributed by atoms with van der Waals surface area (Å²) in [7, 11) is -4.24. The molecule has 0 atom stereocenters. The molecule has 5 heteroatoms. The van der Waals surface area contributed by atoms with Crippen LogP contribution in [-0.2, 0) is 9.72 Å². The van der Waals surface area contributed by atoms with E-state index in [2.05, 4.69) is 0 Å². The average molecular weight is 256 g/mol. The molecule has 0 saturated carbocycles. The van der Waals surface area contributed by atoms with Crippen LogP contribution < -0.4 is 0 Å². The Hall–Kier alpha value is -0.960. The van der Waals surface area contributed by atoms with Crippen LogP contribution in [0.2, 0.25) is 0 Å². The smallest absolute Gasteiger partial charge is 0.324 e. The quantitative estimate of drug-likeness (QED) is 0.627. The molecule has 17 heavy (non-hydrogen) atoms. The van der Waals surface area contributed by atoms with E-state index < -0.39 is 12.8 Å². The van der Waals surface area contributed by atoms with Gasteiger partial charge in [-0.1, -0.05) is 38.1 Å². The van der Waals surface area contributed by atoms with Crippen molar-refractivity contribution in [3.8, 4) is 0 Å². The van der Waals surface area contributed by atoms with E-state index in [1.54, 1.807) is 38.1 Å². The Morgan fingerprint density at radius 3 is 1.94 bits per heavy atom. The summed E-state index contributed by atoms with van der Waals surface area (Å²) in [5, 5.41) is -1.14. The van der Waals surface area contributed by atoms with Gasteiger partial charge in [0.05, 0.1) is 5.16 Å². The number of hydrogen-bond acceptors (Lipinski definition) is 2. The SMILES string of the molecule is CCC(CC)(c1ccc(C=O)cc1)P(=O)(O)O. The first-order chi connectivity index (χ1) is 7.91. The molecule has 0 amide bonds. The van der Waals surface area contributed by atoms with E-state index in [1.165, 1.54) is 0 Å². The third kappa shape index (κ3) is 2.49. The third-order valence-electron chi connectivity index (χ3n) is 3.31. The zero-order chi connectivity index (χ0) is 13.1. The molecule has 0 heterocycles. The Balaban J connectivity index is 3.32. The largest absolute Gasteiger partial charge is 0.335 e. The van der Waals surface area contributed by atoms with Crippen molar-refractivity contribution in [2.24, 2.45) is 0 Å². The molecule has 0 aromatic heterocycles. The van der Waals surface area contributed by atoms with Gasteiger partial charge in [-0.05, 0) is 18.4 Å². The van der Waals surface area contributed by atoms with Crippen LogP contribution in [0.25, 0.3) is 0 Å². The lowest BCUT2D eigenvalue weighted by Crippen LogP contribution is -2.24. The minimum Gasteiger partial charge on any atom is -0.324 e. The van der Waals surface area contributed by atoms with Gasteiger partial charge >= 0.3 is 7.60 Å². The number of carbonyl (C=O) groups excluding carboxylic acids is 1. The lowest BCUT2D eigenvalue weighted by Gasteiger charge is -2.32. The van der Waals surface area contributed by atoms with E-state index in [0.717, 1.165) is 0 Å². The number of aldehydes is 1. The fourth-order valence-electron chi connectivity index (χ4n) is 2.11. The molecule has 1 rings (SSSR count). The zero-order valence-corrected chi connectivity index (χ0v) is 10.9. The Morgan fingerprint density at radius 2 is 1.65 bits per heavy atom. The lowest BCUT2D eigenvalue weighted by atomic mass is 9.92. The van der Waals surface area contributed by atoms with E-state index in [4.69, 9.17) is 0 Å². The van der Waals surface area contributed by atoms with E-state index in [-0.39, 0.29) is 0 Å². The zero-order valence-electron chi connectivity index (χ0n) is 9.96. The van der Waals surface area contributed by atoms with E-state index in [1.807, 2.05) is 0 Å². The van der Waals surface area contributed by atoms with Gasteiger partial charge in [0, 0.05) is 5.56 Å². The summed E-state index contributed by atoms with van der Waals surface area (Å²) in [6, 6.07) is 6.40. The highest BCUT2D eigenvalue weighted by Gasteiger charge is 2.45. The van der Waals surface area contributed by atoms with Crippen LogP contribution in [0.5, 0.6) is 0 Å². The monoisotopic (exact) mass is 256 g/mol. The Bertz CT molecular complexity index is 428. The molecule has 0 spiro atoms. The summed E-state index contributed by atoms with van der Waals surface area (Å²) in [5.74, 6) is 0. The van der Waals surface area contributed by atoms with Crippen molar-refractivity contribution in [1.29, 1.82) is 0 Å². The maximum absolute atomic E-state index is 11.7. The fraction of sp³-hybridized carbons (Fsp3) is 0.417. The van der Waals surface area contributed by atoms with Crippen molar-refractivity contribution in [3.05, 3.63) is 35.4 Å². The third-order valence-corrected chi connectivity index (χ3v) is 5.32. The van der Waals surface area contributed by atoms with E-state index in [0.29, 0.717) is 30.3 Å². The van der Waals surface area contributed by atoms with Gasteiger partial charge in [0.2, 0.25) is 0 Å². The summed E-state index contributed by atoms with van der Waals surface area (Å²) < 4.78 is 11.7. The molecular formula is C12H17O4P. The van der Waals surface area contributed by atoms with Gasteiger partial charge in [-0.25, -0.2) is 0 Å². The first kappa shape index (κ1) is 14.1. The highest BCUT2D eigenvalue weighted by molar-refractivity contribution is 7.53. The molecule has 1 aromatic rings. The minimum absolute atomic E-state index is 0.355. The number of rotatable bonds is 5. The second-order valence-corrected chi connectivity index (χ2v) is 5.97. The van der Waals surface area contributed by atoms with Crippen LogP contribution in [0.3, 0.4) is 0 Å². The molecule has 0 aliphatic heterocycles. The van der Waals surface area contributed by atoms with E-state index in [9.17, 15) is 19.1 Å². The average Bonchev–Trinajstić information content (AvgIpc) is 2.30. The highest BCUT2D eigenvalue weighted by atomic mass is 31.2. The van der Waals surface area contributed by atoms with Crippen molar-refractivity contribution in [2.45, 2.75) is 31.8 Å². The van der Waals surface area contributed by atoms with Crippen LogP contribution in [0.4, 0.5) is 0 Å². The Kier molecular flexibility index (Phi) is 4.26. The predicted molar refractivity (Wildman–Crippen MR) is 66.1 cm³/mol. The van der Waals surface area contributed by atoms with Gasteiger partial charge in [-0.2, -0.15) is 0 Å². The molecule has 0 bridgehead atoms. The lowest BCUT2D eigenvalue weighted by molar-refractivity contribution is 0.112. The van der Waals surface area contributed by atoms with Crippen LogP contribution >= 0.6 is 7.60 Å². The molecule has 4 nitrogen and oxygen atoms in total. The molecule has 0 saturated heterocycles. The number of benzene rings is 1. The first-order valence-corrected chi connectivity index (χ1v) is 7.14. The normalized spacial score (nSPS) is 12.5. The summed E-state index contributed by atoms with van der Waals surface area (Å²) in [4.78, 5) is 29.6. The van der Waals surface area contributed by atoms with E-state index >= 15 is 0 Å². The Labute approximate surface area is 101 Å². The van der Waals surface area contributed by atoms with Crippen molar-refractivity contribution in [2.75, 3.05) is 0 Å². The molecule has 0 aliphatic carbocycles. The second-order valence-electron chi connectivity index (χ2n) is 4.02. The molecule has 0 radical (unpaired) electrons. The maximum atomic E-state index is 11.7. The summed E-state index contributed by atoms with van der Waals surface area (Å²) >= 11 is 0. The summed E-state index contributed by atoms with van der Waals surface area (Å²) in [6.07, 6.45) is 1.42. The van der Waals surface area contributed by atoms with Gasteiger partial charge in [0.1, 0.15) is 6.29 Å². The molecule has 2 N–H and O–H groups in total. The Morgan fingerprint density at radius 1 is 1.18 bits per heavy atom. The van der Waals surface area contributed by atoms with Crippen LogP contribution in [0.1, 0.15) is 42.6 Å². The van der Waals surface area contributed by atoms with Crippen molar-refractivity contribution in [1.82, 2.24) is 0 Å². The molecule has 0 fully saturated rings. The molecule has 94 valence electrons. The molecule has 1 aromatic carbocycles. The van der Waals surface area contributed by atoms with Gasteiger partial charge < -0.3 is 9.79 Å². The topological polar surface area (TPSA) is 74.6 Å². The van der Waals surface area contributed by atoms with Crippen LogP contribution in [-0.4, -0.2) is 16.1 Å². The number of carbonyl (C=O) groups is 1. The molecular weight excluding hydrogens is 239 g/mol. The van der Waals surface area contributed by atoms with Crippen molar-refractivity contribution < 1.29 is 19.1 Å². The molecule has 0 aliphatic rings. The van der Waals surface area contributed by atoms with Gasteiger partial charge in [0.25, 0.3) is 0 Å². The second kappa shape index (κ2) is 5.13. The van der Waals surface area contributed by atoms with Gasteiger partial charge in [0.15, 0.2) is 0 Å². The summed E-state index contributed by atoms with van der Waals surface area (Å²) in [6.45, 7) is 3.52. The summed E-state index contributed by atoms with van der Waals surface area (Å²) in [5.41, 5.74) is 1.09. The predicted octanol–water partition coefficient (Wildman–Crippen LogP) is 2.69. The number of hydrogen-bond donors (Lipinski definition) is 2. The minimum atomic E-state index is -4.24. The van der Waals surface area contributed by atoms with Crippen LogP contribution in [0.15, 0.2) is 24.3 Å². The fourth-order valence-corrected chi connectivity index (χ4v) is 3.42. The van der Waals surface area contributed by atoms with Gasteiger partial charge in [-0.15, -0.1) is 0 Å². The van der Waals surface area contributed by atoms with Crippen molar-refractivity contribution in [3.63, 3.8) is 0 Å². The van der Waals surface area contributed by atoms with Crippen LogP contribution in [0, 0.1) is 0 Å². The van der Waals surface area contributed by atoms with Gasteiger partial charge in [-0.3, -0.25) is 9.36 Å².